The van der Waals surface area contributed by atoms with Crippen LogP contribution in [0.2, 0.25) is 0 Å². The zero-order valence-electron chi connectivity index (χ0n) is 4.94. The van der Waals surface area contributed by atoms with Crippen molar-refractivity contribution in [2.45, 2.75) is 6.42 Å². The van der Waals surface area contributed by atoms with Crippen molar-refractivity contribution in [3.8, 4) is 0 Å². The molecule has 1 unspecified atom stereocenters. The van der Waals surface area contributed by atoms with Crippen LogP contribution in [0, 0.1) is 5.92 Å². The second-order valence-corrected chi connectivity index (χ2v) is 1.98. The van der Waals surface area contributed by atoms with E-state index in [-0.39, 0.29) is 0 Å². The van der Waals surface area contributed by atoms with Crippen molar-refractivity contribution >= 4 is 11.6 Å². The molecule has 0 aromatic rings. The fourth-order valence-corrected chi connectivity index (χ4v) is 0.688. The number of halogens is 1. The zero-order valence-corrected chi connectivity index (χ0v) is 5.69. The minimum absolute atomic E-state index is 0.411. The lowest BCUT2D eigenvalue weighted by Crippen LogP contribution is -1.93. The average Bonchev–Trinajstić information content (AvgIpc) is 1.83. The lowest BCUT2D eigenvalue weighted by Gasteiger charge is -2.00. The molecule has 0 aliphatic rings. The highest BCUT2D eigenvalue weighted by molar-refractivity contribution is 6.18. The molecule has 46 valence electrons. The Labute approximate surface area is 55.9 Å². The van der Waals surface area contributed by atoms with Gasteiger partial charge in [0.05, 0.1) is 0 Å². The van der Waals surface area contributed by atoms with E-state index in [1.165, 1.54) is 0 Å². The summed E-state index contributed by atoms with van der Waals surface area (Å²) in [5.41, 5.74) is 0. The fourth-order valence-electron chi connectivity index (χ4n) is 0.436. The van der Waals surface area contributed by atoms with Gasteiger partial charge in [0.15, 0.2) is 0 Å². The van der Waals surface area contributed by atoms with Crippen molar-refractivity contribution in [1.82, 2.24) is 0 Å². The second-order valence-electron chi connectivity index (χ2n) is 1.67. The van der Waals surface area contributed by atoms with Crippen LogP contribution in [0.5, 0.6) is 0 Å². The first-order valence-corrected chi connectivity index (χ1v) is 3.18. The van der Waals surface area contributed by atoms with E-state index < -0.39 is 0 Å². The van der Waals surface area contributed by atoms with Crippen LogP contribution in [0.3, 0.4) is 0 Å². The maximum atomic E-state index is 5.53. The highest BCUT2D eigenvalue weighted by Crippen LogP contribution is 2.05. The lowest BCUT2D eigenvalue weighted by atomic mass is 10.1. The summed E-state index contributed by atoms with van der Waals surface area (Å²) < 4.78 is 0. The average molecular weight is 131 g/mol. The van der Waals surface area contributed by atoms with E-state index in [9.17, 15) is 0 Å². The molecule has 8 heavy (non-hydrogen) atoms. The van der Waals surface area contributed by atoms with Crippen LogP contribution >= 0.6 is 11.6 Å². The smallest absolute Gasteiger partial charge is 0.0289 e. The molecule has 0 rings (SSSR count). The number of rotatable bonds is 4. The van der Waals surface area contributed by atoms with Gasteiger partial charge in [-0.3, -0.25) is 0 Å². The molecule has 0 aromatic carbocycles. The Morgan fingerprint density at radius 1 is 1.50 bits per heavy atom. The van der Waals surface area contributed by atoms with E-state index in [4.69, 9.17) is 11.6 Å². The zero-order chi connectivity index (χ0) is 6.41. The van der Waals surface area contributed by atoms with Gasteiger partial charge < -0.3 is 0 Å². The van der Waals surface area contributed by atoms with Crippen molar-refractivity contribution in [1.29, 1.82) is 0 Å². The first-order valence-electron chi connectivity index (χ1n) is 2.64. The van der Waals surface area contributed by atoms with Crippen LogP contribution in [0.25, 0.3) is 0 Å². The Bertz CT molecular complexity index is 76.5. The van der Waals surface area contributed by atoms with Crippen molar-refractivity contribution in [3.05, 3.63) is 25.3 Å². The largest absolute Gasteiger partial charge is 0.126 e. The topological polar surface area (TPSA) is 0 Å². The van der Waals surface area contributed by atoms with Gasteiger partial charge in [-0.2, -0.15) is 0 Å². The predicted octanol–water partition coefficient (Wildman–Crippen LogP) is 2.60. The Balaban J connectivity index is 3.35. The van der Waals surface area contributed by atoms with Crippen LogP contribution in [0.4, 0.5) is 0 Å². The van der Waals surface area contributed by atoms with Gasteiger partial charge in [-0.05, 0) is 12.3 Å². The normalized spacial score (nSPS) is 12.6. The molecule has 0 N–H and O–H groups in total. The molecule has 0 aromatic heterocycles. The highest BCUT2D eigenvalue weighted by atomic mass is 35.5. The Hall–Kier alpha value is -0.230. The third-order valence-electron chi connectivity index (χ3n) is 1.00. The summed E-state index contributed by atoms with van der Waals surface area (Å²) in [5, 5.41) is 0. The third-order valence-corrected chi connectivity index (χ3v) is 1.40. The Kier molecular flexibility index (Phi) is 4.78. The van der Waals surface area contributed by atoms with E-state index in [2.05, 4.69) is 13.2 Å². The van der Waals surface area contributed by atoms with Gasteiger partial charge >= 0.3 is 0 Å². The minimum atomic E-state index is 0.411. The fraction of sp³-hybridized carbons (Fsp3) is 0.429. The number of alkyl halides is 1. The third kappa shape index (κ3) is 2.86. The van der Waals surface area contributed by atoms with Crippen molar-refractivity contribution in [2.24, 2.45) is 5.92 Å². The van der Waals surface area contributed by atoms with Crippen LogP contribution in [-0.2, 0) is 0 Å². The first kappa shape index (κ1) is 7.77. The second kappa shape index (κ2) is 4.92. The van der Waals surface area contributed by atoms with Gasteiger partial charge in [-0.15, -0.1) is 24.8 Å². The van der Waals surface area contributed by atoms with Gasteiger partial charge in [-0.25, -0.2) is 0 Å². The molecule has 0 radical (unpaired) electrons. The predicted molar refractivity (Wildman–Crippen MR) is 39.2 cm³/mol. The maximum absolute atomic E-state index is 5.53. The van der Waals surface area contributed by atoms with Gasteiger partial charge in [-0.1, -0.05) is 12.2 Å². The number of hydrogen-bond donors (Lipinski definition) is 0. The van der Waals surface area contributed by atoms with Crippen molar-refractivity contribution < 1.29 is 0 Å². The van der Waals surface area contributed by atoms with E-state index in [1.807, 2.05) is 12.2 Å². The van der Waals surface area contributed by atoms with Gasteiger partial charge in [0, 0.05) is 5.88 Å². The molecule has 1 atom stereocenters. The lowest BCUT2D eigenvalue weighted by molar-refractivity contribution is 0.756. The summed E-state index contributed by atoms with van der Waals surface area (Å²) in [6.45, 7) is 7.21. The van der Waals surface area contributed by atoms with Crippen LogP contribution in [0.1, 0.15) is 6.42 Å². The summed E-state index contributed by atoms with van der Waals surface area (Å²) in [6.07, 6.45) is 4.65. The van der Waals surface area contributed by atoms with E-state index in [0.717, 1.165) is 6.42 Å². The first-order chi connectivity index (χ1) is 3.85. The standard InChI is InChI=1S/C7H11Cl/c1-3-5-7(4-2)6-8/h3-4,7H,1-2,5-6H2. The SMILES string of the molecule is C=CCC(C=C)CCl. The molecule has 1 heteroatoms. The van der Waals surface area contributed by atoms with Crippen LogP contribution in [0.15, 0.2) is 25.3 Å². The van der Waals surface area contributed by atoms with Crippen molar-refractivity contribution in [3.63, 3.8) is 0 Å². The summed E-state index contributed by atoms with van der Waals surface area (Å²) in [6, 6.07) is 0. The van der Waals surface area contributed by atoms with E-state index >= 15 is 0 Å². The molecule has 0 amide bonds. The van der Waals surface area contributed by atoms with E-state index in [0.29, 0.717) is 11.8 Å². The van der Waals surface area contributed by atoms with Crippen LogP contribution in [-0.4, -0.2) is 5.88 Å². The minimum Gasteiger partial charge on any atom is -0.126 e. The molecule has 0 spiro atoms. The molecule has 0 aliphatic heterocycles. The van der Waals surface area contributed by atoms with Gasteiger partial charge in [0.25, 0.3) is 0 Å². The Morgan fingerprint density at radius 2 is 2.12 bits per heavy atom. The molecule has 0 bridgehead atoms. The molecular weight excluding hydrogens is 120 g/mol. The van der Waals surface area contributed by atoms with Gasteiger partial charge in [0.2, 0.25) is 0 Å². The number of hydrogen-bond acceptors (Lipinski definition) is 0. The number of allylic oxidation sites excluding steroid dienone is 2. The summed E-state index contributed by atoms with van der Waals surface area (Å²) in [7, 11) is 0. The molecule has 0 saturated carbocycles. The van der Waals surface area contributed by atoms with Crippen molar-refractivity contribution in [2.75, 3.05) is 5.88 Å². The van der Waals surface area contributed by atoms with Gasteiger partial charge in [0.1, 0.15) is 0 Å². The van der Waals surface area contributed by atoms with Crippen LogP contribution < -0.4 is 0 Å². The summed E-state index contributed by atoms with van der Waals surface area (Å²) in [5.74, 6) is 1.06. The summed E-state index contributed by atoms with van der Waals surface area (Å²) in [4.78, 5) is 0. The molecule has 0 heterocycles. The molecule has 0 saturated heterocycles. The monoisotopic (exact) mass is 130 g/mol. The highest BCUT2D eigenvalue weighted by Gasteiger charge is 1.95. The summed E-state index contributed by atoms with van der Waals surface area (Å²) >= 11 is 5.53. The molecular formula is C7H11Cl. The Morgan fingerprint density at radius 3 is 2.25 bits per heavy atom. The molecule has 0 fully saturated rings. The quantitative estimate of drug-likeness (QED) is 0.406. The molecule has 0 aliphatic carbocycles. The van der Waals surface area contributed by atoms with E-state index in [1.54, 1.807) is 0 Å². The maximum Gasteiger partial charge on any atom is 0.0289 e. The molecule has 0 nitrogen and oxygen atoms in total.